The Bertz CT molecular complexity index is 585. The average molecular weight is 381 g/mol. The molecule has 1 aliphatic rings. The summed E-state index contributed by atoms with van der Waals surface area (Å²) in [6.07, 6.45) is 0. The van der Waals surface area contributed by atoms with Gasteiger partial charge >= 0.3 is 0 Å². The molecule has 0 amide bonds. The van der Waals surface area contributed by atoms with Crippen molar-refractivity contribution in [2.24, 2.45) is 0 Å². The second-order valence-electron chi connectivity index (χ2n) is 5.43. The number of rotatable bonds is 5. The molecule has 21 heavy (non-hydrogen) atoms. The van der Waals surface area contributed by atoms with Crippen molar-refractivity contribution in [3.8, 4) is 0 Å². The van der Waals surface area contributed by atoms with E-state index in [2.05, 4.69) is 21.2 Å². The lowest BCUT2D eigenvalue weighted by Gasteiger charge is -2.31. The molecule has 1 unspecified atom stereocenters. The van der Waals surface area contributed by atoms with E-state index in [0.29, 0.717) is 38.1 Å². The van der Waals surface area contributed by atoms with Crippen LogP contribution in [0.5, 0.6) is 0 Å². The van der Waals surface area contributed by atoms with Gasteiger partial charge in [-0.15, -0.1) is 0 Å². The summed E-state index contributed by atoms with van der Waals surface area (Å²) in [7, 11) is -3.57. The Kier molecular flexibility index (Phi) is 5.48. The van der Waals surface area contributed by atoms with Crippen molar-refractivity contribution in [3.63, 3.8) is 0 Å². The zero-order valence-corrected chi connectivity index (χ0v) is 14.8. The molecule has 6 nitrogen and oxygen atoms in total. The van der Waals surface area contributed by atoms with Crippen LogP contribution >= 0.6 is 15.9 Å². The highest BCUT2D eigenvalue weighted by Crippen LogP contribution is 2.30. The molecule has 0 spiro atoms. The molecule has 1 aliphatic heterocycles. The van der Waals surface area contributed by atoms with Crippen molar-refractivity contribution in [3.05, 3.63) is 16.5 Å². The molecule has 2 rings (SSSR count). The third kappa shape index (κ3) is 3.87. The second-order valence-corrected chi connectivity index (χ2v) is 8.01. The maximum absolute atomic E-state index is 12.7. The van der Waals surface area contributed by atoms with Gasteiger partial charge in [0.15, 0.2) is 4.67 Å². The lowest BCUT2D eigenvalue weighted by Crippen LogP contribution is -2.46. The van der Waals surface area contributed by atoms with Crippen LogP contribution in [0.3, 0.4) is 0 Å². The smallest absolute Gasteiger partial charge is 0.247 e. The lowest BCUT2D eigenvalue weighted by molar-refractivity contribution is 0.0392. The van der Waals surface area contributed by atoms with Crippen molar-refractivity contribution in [1.82, 2.24) is 9.62 Å². The minimum Gasteiger partial charge on any atom is -0.452 e. The number of morpholine rings is 1. The minimum absolute atomic E-state index is 0.178. The zero-order valence-electron chi connectivity index (χ0n) is 12.4. The maximum Gasteiger partial charge on any atom is 0.247 e. The van der Waals surface area contributed by atoms with Gasteiger partial charge in [-0.1, -0.05) is 13.8 Å². The van der Waals surface area contributed by atoms with Crippen LogP contribution in [0.1, 0.15) is 26.5 Å². The number of nitrogens with zero attached hydrogens (tertiary/aromatic N) is 1. The molecular weight excluding hydrogens is 360 g/mol. The molecule has 0 aromatic carbocycles. The zero-order chi connectivity index (χ0) is 15.6. The van der Waals surface area contributed by atoms with E-state index in [1.807, 2.05) is 20.8 Å². The first kappa shape index (κ1) is 17.0. The van der Waals surface area contributed by atoms with Crippen LogP contribution in [-0.4, -0.2) is 44.6 Å². The van der Waals surface area contributed by atoms with Crippen molar-refractivity contribution >= 4 is 26.0 Å². The number of hydrogen-bond acceptors (Lipinski definition) is 5. The molecule has 1 aromatic heterocycles. The van der Waals surface area contributed by atoms with E-state index in [1.165, 1.54) is 4.31 Å². The van der Waals surface area contributed by atoms with Gasteiger partial charge in [-0.2, -0.15) is 4.31 Å². The Hall–Kier alpha value is -0.410. The van der Waals surface area contributed by atoms with E-state index in [1.54, 1.807) is 6.07 Å². The topological polar surface area (TPSA) is 71.8 Å². The van der Waals surface area contributed by atoms with Crippen LogP contribution in [0.2, 0.25) is 0 Å². The molecular formula is C13H21BrN2O4S. The summed E-state index contributed by atoms with van der Waals surface area (Å²) in [4.78, 5) is 0.178. The van der Waals surface area contributed by atoms with Crippen LogP contribution in [-0.2, 0) is 21.3 Å². The minimum atomic E-state index is -3.57. The predicted molar refractivity (Wildman–Crippen MR) is 82.6 cm³/mol. The van der Waals surface area contributed by atoms with Gasteiger partial charge in [-0.3, -0.25) is 0 Å². The van der Waals surface area contributed by atoms with Gasteiger partial charge in [0.05, 0.1) is 19.8 Å². The van der Waals surface area contributed by atoms with E-state index >= 15 is 0 Å². The van der Waals surface area contributed by atoms with Gasteiger partial charge in [0.2, 0.25) is 10.0 Å². The monoisotopic (exact) mass is 380 g/mol. The Labute approximate surface area is 134 Å². The molecule has 0 radical (unpaired) electrons. The molecule has 0 aliphatic carbocycles. The fourth-order valence-electron chi connectivity index (χ4n) is 2.16. The van der Waals surface area contributed by atoms with Crippen molar-refractivity contribution < 1.29 is 17.6 Å². The van der Waals surface area contributed by atoms with Gasteiger partial charge in [0.25, 0.3) is 0 Å². The summed E-state index contributed by atoms with van der Waals surface area (Å²) >= 11 is 3.22. The van der Waals surface area contributed by atoms with Gasteiger partial charge in [0, 0.05) is 24.7 Å². The van der Waals surface area contributed by atoms with Crippen LogP contribution in [0.15, 0.2) is 20.0 Å². The predicted octanol–water partition coefficient (Wildman–Crippen LogP) is 1.95. The van der Waals surface area contributed by atoms with Gasteiger partial charge in [0.1, 0.15) is 10.7 Å². The summed E-state index contributed by atoms with van der Waals surface area (Å²) < 4.78 is 38.0. The van der Waals surface area contributed by atoms with Crippen molar-refractivity contribution in [2.75, 3.05) is 19.8 Å². The van der Waals surface area contributed by atoms with E-state index in [0.717, 1.165) is 0 Å². The number of nitrogens with one attached hydrogen (secondary N) is 1. The fraction of sp³-hybridized carbons (Fsp3) is 0.692. The Morgan fingerprint density at radius 2 is 2.24 bits per heavy atom. The van der Waals surface area contributed by atoms with Gasteiger partial charge in [-0.25, -0.2) is 8.42 Å². The van der Waals surface area contributed by atoms with Gasteiger partial charge in [-0.05, 0) is 22.9 Å². The second kappa shape index (κ2) is 6.78. The van der Waals surface area contributed by atoms with Crippen LogP contribution in [0.25, 0.3) is 0 Å². The molecule has 0 saturated carbocycles. The summed E-state index contributed by atoms with van der Waals surface area (Å²) in [6.45, 7) is 7.56. The van der Waals surface area contributed by atoms with Crippen LogP contribution in [0, 0.1) is 0 Å². The Morgan fingerprint density at radius 3 is 2.86 bits per heavy atom. The summed E-state index contributed by atoms with van der Waals surface area (Å²) in [5.74, 6) is 0.593. The summed E-state index contributed by atoms with van der Waals surface area (Å²) in [5.41, 5.74) is 0. The standard InChI is InChI=1S/C13H21BrN2O4S/c1-9(2)15-7-11-6-12(13(14)20-11)21(17,18)16-4-5-19-8-10(16)3/h6,9-10,15H,4-5,7-8H2,1-3H3. The molecule has 1 atom stereocenters. The van der Waals surface area contributed by atoms with E-state index in [4.69, 9.17) is 9.15 Å². The van der Waals surface area contributed by atoms with Crippen LogP contribution in [0.4, 0.5) is 0 Å². The third-order valence-electron chi connectivity index (χ3n) is 3.28. The van der Waals surface area contributed by atoms with E-state index in [-0.39, 0.29) is 15.6 Å². The third-order valence-corrected chi connectivity index (χ3v) is 6.15. The van der Waals surface area contributed by atoms with Gasteiger partial charge < -0.3 is 14.5 Å². The fourth-order valence-corrected chi connectivity index (χ4v) is 4.72. The summed E-state index contributed by atoms with van der Waals surface area (Å²) in [6, 6.07) is 1.70. The van der Waals surface area contributed by atoms with Crippen molar-refractivity contribution in [1.29, 1.82) is 0 Å². The number of sulfonamides is 1. The molecule has 1 fully saturated rings. The maximum atomic E-state index is 12.7. The molecule has 8 heteroatoms. The van der Waals surface area contributed by atoms with E-state index < -0.39 is 10.0 Å². The highest BCUT2D eigenvalue weighted by atomic mass is 79.9. The van der Waals surface area contributed by atoms with Crippen LogP contribution < -0.4 is 5.32 Å². The molecule has 120 valence electrons. The first-order chi connectivity index (χ1) is 9.82. The Balaban J connectivity index is 2.23. The first-order valence-corrected chi connectivity index (χ1v) is 9.17. The number of ether oxygens (including phenoxy) is 1. The molecule has 1 aromatic rings. The number of halogens is 1. The number of hydrogen-bond donors (Lipinski definition) is 1. The highest BCUT2D eigenvalue weighted by Gasteiger charge is 2.34. The Morgan fingerprint density at radius 1 is 1.52 bits per heavy atom. The molecule has 0 bridgehead atoms. The molecule has 2 heterocycles. The quantitative estimate of drug-likeness (QED) is 0.844. The normalized spacial score (nSPS) is 21.1. The molecule has 1 N–H and O–H groups in total. The largest absolute Gasteiger partial charge is 0.452 e. The van der Waals surface area contributed by atoms with E-state index in [9.17, 15) is 8.42 Å². The summed E-state index contributed by atoms with van der Waals surface area (Å²) in [5, 5.41) is 3.20. The molecule has 1 saturated heterocycles. The SMILES string of the molecule is CC(C)NCc1cc(S(=O)(=O)N2CCOCC2C)c(Br)o1. The number of furan rings is 1. The lowest BCUT2D eigenvalue weighted by atomic mass is 10.3. The average Bonchev–Trinajstić information content (AvgIpc) is 2.79. The highest BCUT2D eigenvalue weighted by molar-refractivity contribution is 9.10. The van der Waals surface area contributed by atoms with Crippen molar-refractivity contribution in [2.45, 2.75) is 44.3 Å². The first-order valence-electron chi connectivity index (χ1n) is 6.93.